The molecule has 0 aromatic heterocycles. The van der Waals surface area contributed by atoms with Crippen LogP contribution < -0.4 is 5.73 Å². The van der Waals surface area contributed by atoms with Crippen molar-refractivity contribution in [2.24, 2.45) is 5.73 Å². The summed E-state index contributed by atoms with van der Waals surface area (Å²) in [6, 6.07) is 5.24. The first-order valence-corrected chi connectivity index (χ1v) is 8.16. The molecule has 0 saturated heterocycles. The molecule has 0 unspecified atom stereocenters. The third-order valence-electron chi connectivity index (χ3n) is 2.53. The highest BCUT2D eigenvalue weighted by Crippen LogP contribution is 2.18. The van der Waals surface area contributed by atoms with Crippen molar-refractivity contribution >= 4 is 38.8 Å². The highest BCUT2D eigenvalue weighted by atomic mass is 35.5. The van der Waals surface area contributed by atoms with E-state index in [1.807, 2.05) is 6.92 Å². The van der Waals surface area contributed by atoms with Gasteiger partial charge in [-0.15, -0.1) is 0 Å². The molecule has 0 aliphatic carbocycles. The average molecular weight is 321 g/mol. The maximum atomic E-state index is 12.3. The highest BCUT2D eigenvalue weighted by Gasteiger charge is 2.21. The van der Waals surface area contributed by atoms with Crippen LogP contribution in [0.4, 0.5) is 0 Å². The van der Waals surface area contributed by atoms with E-state index in [-0.39, 0.29) is 17.3 Å². The Labute approximate surface area is 124 Å². The van der Waals surface area contributed by atoms with Crippen LogP contribution in [0.25, 0.3) is 0 Å². The summed E-state index contributed by atoms with van der Waals surface area (Å²) in [6.45, 7) is 4.01. The third-order valence-corrected chi connectivity index (χ3v) is 4.75. The largest absolute Gasteiger partial charge is 0.392 e. The third kappa shape index (κ3) is 5.06. The molecule has 2 N–H and O–H groups in total. The molecule has 7 heteroatoms. The molecule has 19 heavy (non-hydrogen) atoms. The number of rotatable bonds is 6. The van der Waals surface area contributed by atoms with E-state index in [1.165, 1.54) is 4.31 Å². The summed E-state index contributed by atoms with van der Waals surface area (Å²) in [6.07, 6.45) is 0. The number of thiocarbonyl (C=S) groups is 1. The van der Waals surface area contributed by atoms with Crippen molar-refractivity contribution in [3.63, 3.8) is 0 Å². The summed E-state index contributed by atoms with van der Waals surface area (Å²) in [4.78, 5) is 0.160. The van der Waals surface area contributed by atoms with Crippen LogP contribution in [-0.2, 0) is 15.8 Å². The molecule has 0 heterocycles. The standard InChI is InChI=1S/C12H17ClN2O2S2/c1-3-15(7-12(14)18)19(16,17)8-10-4-9(2)5-11(13)6-10/h4-6H,3,7-8H2,1-2H3,(H2,14,18). The van der Waals surface area contributed by atoms with Gasteiger partial charge in [0.25, 0.3) is 0 Å². The number of hydrogen-bond donors (Lipinski definition) is 1. The zero-order chi connectivity index (χ0) is 14.6. The van der Waals surface area contributed by atoms with E-state index < -0.39 is 10.0 Å². The zero-order valence-electron chi connectivity index (χ0n) is 10.9. The summed E-state index contributed by atoms with van der Waals surface area (Å²) in [5.41, 5.74) is 7.00. The minimum Gasteiger partial charge on any atom is -0.392 e. The molecule has 0 saturated carbocycles. The minimum absolute atomic E-state index is 0.0632. The Balaban J connectivity index is 2.97. The van der Waals surface area contributed by atoms with E-state index in [1.54, 1.807) is 25.1 Å². The van der Waals surface area contributed by atoms with Crippen molar-refractivity contribution < 1.29 is 8.42 Å². The lowest BCUT2D eigenvalue weighted by molar-refractivity contribution is 0.467. The van der Waals surface area contributed by atoms with Crippen LogP contribution in [-0.4, -0.2) is 30.8 Å². The Bertz CT molecular complexity index is 553. The second-order valence-electron chi connectivity index (χ2n) is 4.29. The van der Waals surface area contributed by atoms with Crippen molar-refractivity contribution in [3.05, 3.63) is 34.3 Å². The van der Waals surface area contributed by atoms with Crippen LogP contribution in [0.1, 0.15) is 18.1 Å². The lowest BCUT2D eigenvalue weighted by Gasteiger charge is -2.20. The molecule has 4 nitrogen and oxygen atoms in total. The Morgan fingerprint density at radius 2 is 2.05 bits per heavy atom. The minimum atomic E-state index is -3.45. The van der Waals surface area contributed by atoms with Gasteiger partial charge in [0.2, 0.25) is 10.0 Å². The van der Waals surface area contributed by atoms with Gasteiger partial charge in [-0.1, -0.05) is 36.8 Å². The monoisotopic (exact) mass is 320 g/mol. The van der Waals surface area contributed by atoms with Crippen molar-refractivity contribution in [2.75, 3.05) is 13.1 Å². The molecule has 0 radical (unpaired) electrons. The molecule has 0 bridgehead atoms. The van der Waals surface area contributed by atoms with Crippen molar-refractivity contribution in [3.8, 4) is 0 Å². The van der Waals surface area contributed by atoms with Gasteiger partial charge in [-0.25, -0.2) is 8.42 Å². The van der Waals surface area contributed by atoms with E-state index in [2.05, 4.69) is 0 Å². The van der Waals surface area contributed by atoms with E-state index in [0.29, 0.717) is 17.1 Å². The first-order valence-electron chi connectivity index (χ1n) is 5.77. The molecule has 0 atom stereocenters. The summed E-state index contributed by atoms with van der Waals surface area (Å²) >= 11 is 10.7. The normalized spacial score (nSPS) is 11.8. The molecule has 106 valence electrons. The van der Waals surface area contributed by atoms with Crippen molar-refractivity contribution in [2.45, 2.75) is 19.6 Å². The van der Waals surface area contributed by atoms with E-state index in [4.69, 9.17) is 29.6 Å². The fourth-order valence-electron chi connectivity index (χ4n) is 1.78. The van der Waals surface area contributed by atoms with Gasteiger partial charge in [0, 0.05) is 11.6 Å². The van der Waals surface area contributed by atoms with Gasteiger partial charge in [0.05, 0.1) is 17.3 Å². The fourth-order valence-corrected chi connectivity index (χ4v) is 3.83. The summed E-state index contributed by atoms with van der Waals surface area (Å²) in [5, 5.41) is 0.530. The first-order chi connectivity index (χ1) is 8.74. The second kappa shape index (κ2) is 6.65. The van der Waals surface area contributed by atoms with Crippen LogP contribution in [0.5, 0.6) is 0 Å². The van der Waals surface area contributed by atoms with Gasteiger partial charge >= 0.3 is 0 Å². The molecule has 0 amide bonds. The van der Waals surface area contributed by atoms with Crippen LogP contribution in [0, 0.1) is 6.92 Å². The maximum absolute atomic E-state index is 12.3. The molecule has 0 aliphatic heterocycles. The van der Waals surface area contributed by atoms with Gasteiger partial charge in [-0.2, -0.15) is 4.31 Å². The zero-order valence-corrected chi connectivity index (χ0v) is 13.3. The smallest absolute Gasteiger partial charge is 0.218 e. The molecule has 0 spiro atoms. The second-order valence-corrected chi connectivity index (χ2v) is 7.22. The van der Waals surface area contributed by atoms with Crippen molar-refractivity contribution in [1.29, 1.82) is 0 Å². The number of benzene rings is 1. The van der Waals surface area contributed by atoms with E-state index in [0.717, 1.165) is 5.56 Å². The van der Waals surface area contributed by atoms with Crippen LogP contribution in [0.2, 0.25) is 5.02 Å². The number of nitrogens with zero attached hydrogens (tertiary/aromatic N) is 1. The maximum Gasteiger partial charge on any atom is 0.218 e. The van der Waals surface area contributed by atoms with Gasteiger partial charge in [-0.3, -0.25) is 0 Å². The SMILES string of the molecule is CCN(CC(N)=S)S(=O)(=O)Cc1cc(C)cc(Cl)c1. The van der Waals surface area contributed by atoms with Crippen molar-refractivity contribution in [1.82, 2.24) is 4.31 Å². The molecule has 1 rings (SSSR count). The highest BCUT2D eigenvalue weighted by molar-refractivity contribution is 7.88. The quantitative estimate of drug-likeness (QED) is 0.815. The van der Waals surface area contributed by atoms with Crippen LogP contribution >= 0.6 is 23.8 Å². The lowest BCUT2D eigenvalue weighted by atomic mass is 10.2. The lowest BCUT2D eigenvalue weighted by Crippen LogP contribution is -2.38. The predicted octanol–water partition coefficient (Wildman–Crippen LogP) is 2.09. The summed E-state index contributed by atoms with van der Waals surface area (Å²) in [5.74, 6) is -0.106. The Hall–Kier alpha value is -0.690. The Morgan fingerprint density at radius 1 is 1.42 bits per heavy atom. The molecule has 0 fully saturated rings. The van der Waals surface area contributed by atoms with Gasteiger partial charge in [0.1, 0.15) is 0 Å². The fraction of sp³-hybridized carbons (Fsp3) is 0.417. The predicted molar refractivity (Wildman–Crippen MR) is 82.8 cm³/mol. The molecule has 0 aliphatic rings. The summed E-state index contributed by atoms with van der Waals surface area (Å²) < 4.78 is 25.8. The van der Waals surface area contributed by atoms with E-state index in [9.17, 15) is 8.42 Å². The topological polar surface area (TPSA) is 63.4 Å². The number of halogens is 1. The Kier molecular flexibility index (Phi) is 5.73. The molecule has 1 aromatic carbocycles. The number of nitrogens with two attached hydrogens (primary N) is 1. The molecular weight excluding hydrogens is 304 g/mol. The van der Waals surface area contributed by atoms with Gasteiger partial charge in [0.15, 0.2) is 0 Å². The Morgan fingerprint density at radius 3 is 2.53 bits per heavy atom. The number of sulfonamides is 1. The summed E-state index contributed by atoms with van der Waals surface area (Å²) in [7, 11) is -3.45. The van der Waals surface area contributed by atoms with Crippen LogP contribution in [0.15, 0.2) is 18.2 Å². The van der Waals surface area contributed by atoms with Crippen LogP contribution in [0.3, 0.4) is 0 Å². The number of hydrogen-bond acceptors (Lipinski definition) is 3. The average Bonchev–Trinajstić information content (AvgIpc) is 2.22. The first kappa shape index (κ1) is 16.4. The number of aryl methyl sites for hydroxylation is 1. The van der Waals surface area contributed by atoms with Gasteiger partial charge < -0.3 is 5.73 Å². The number of likely N-dealkylation sites (N-methyl/N-ethyl adjacent to an activating group) is 1. The van der Waals surface area contributed by atoms with Gasteiger partial charge in [-0.05, 0) is 30.2 Å². The van der Waals surface area contributed by atoms with E-state index >= 15 is 0 Å². The molecular formula is C12H17ClN2O2S2. The molecule has 1 aromatic rings.